The number of carbonyl (C=O) groups is 3. The maximum Gasteiger partial charge on any atom is 0.355 e. The number of nitrogens with zero attached hydrogens (tertiary/aromatic N) is 1. The molecule has 1 fully saturated rings. The molecule has 1 saturated heterocycles. The molecule has 7 nitrogen and oxygen atoms in total. The lowest BCUT2D eigenvalue weighted by Crippen LogP contribution is -2.44. The monoisotopic (exact) mass is 356 g/mol. The second-order valence-corrected chi connectivity index (χ2v) is 5.99. The van der Waals surface area contributed by atoms with Crippen molar-refractivity contribution in [1.82, 2.24) is 9.88 Å². The normalized spacial score (nSPS) is 15.3. The van der Waals surface area contributed by atoms with Crippen molar-refractivity contribution in [1.29, 1.82) is 0 Å². The van der Waals surface area contributed by atoms with Crippen LogP contribution in [0.3, 0.4) is 0 Å². The van der Waals surface area contributed by atoms with Gasteiger partial charge in [-0.05, 0) is 13.0 Å². The Morgan fingerprint density at radius 1 is 1.15 bits per heavy atom. The van der Waals surface area contributed by atoms with Crippen molar-refractivity contribution in [3.05, 3.63) is 59.4 Å². The van der Waals surface area contributed by atoms with Crippen LogP contribution in [0.2, 0.25) is 0 Å². The van der Waals surface area contributed by atoms with E-state index in [0.717, 1.165) is 0 Å². The molecule has 1 unspecified atom stereocenters. The summed E-state index contributed by atoms with van der Waals surface area (Å²) in [6.07, 6.45) is 0.395. The molecular formula is C19H20N2O5. The molecular weight excluding hydrogens is 336 g/mol. The lowest BCUT2D eigenvalue weighted by molar-refractivity contribution is -0.145. The number of hydrogen-bond acceptors (Lipinski definition) is 5. The molecule has 1 atom stereocenters. The van der Waals surface area contributed by atoms with Crippen molar-refractivity contribution < 1.29 is 23.9 Å². The number of hydrogen-bond donors (Lipinski definition) is 1. The second-order valence-electron chi connectivity index (χ2n) is 5.99. The number of amides is 1. The van der Waals surface area contributed by atoms with Crippen molar-refractivity contribution in [2.24, 2.45) is 0 Å². The van der Waals surface area contributed by atoms with Gasteiger partial charge in [0.15, 0.2) is 5.78 Å². The van der Waals surface area contributed by atoms with Crippen LogP contribution in [0, 0.1) is 0 Å². The first-order chi connectivity index (χ1) is 12.6. The summed E-state index contributed by atoms with van der Waals surface area (Å²) in [6.45, 7) is 3.24. The van der Waals surface area contributed by atoms with Crippen LogP contribution in [0.25, 0.3) is 0 Å². The summed E-state index contributed by atoms with van der Waals surface area (Å²) in [5.41, 5.74) is 1.11. The highest BCUT2D eigenvalue weighted by molar-refractivity contribution is 5.98. The van der Waals surface area contributed by atoms with Gasteiger partial charge in [-0.25, -0.2) is 4.79 Å². The number of aromatic nitrogens is 1. The molecule has 0 radical (unpaired) electrons. The van der Waals surface area contributed by atoms with E-state index in [9.17, 15) is 14.4 Å². The molecule has 3 rings (SSSR count). The molecule has 1 aliphatic heterocycles. The van der Waals surface area contributed by atoms with Gasteiger partial charge in [-0.15, -0.1) is 0 Å². The molecule has 0 saturated carbocycles. The molecule has 1 amide bonds. The highest BCUT2D eigenvalue weighted by atomic mass is 16.5. The Morgan fingerprint density at radius 2 is 1.85 bits per heavy atom. The molecule has 2 aromatic rings. The van der Waals surface area contributed by atoms with E-state index >= 15 is 0 Å². The van der Waals surface area contributed by atoms with E-state index < -0.39 is 12.1 Å². The number of ketones is 1. The van der Waals surface area contributed by atoms with Crippen molar-refractivity contribution in [2.45, 2.75) is 13.0 Å². The van der Waals surface area contributed by atoms with Crippen LogP contribution < -0.4 is 0 Å². The van der Waals surface area contributed by atoms with Crippen molar-refractivity contribution in [3.63, 3.8) is 0 Å². The van der Waals surface area contributed by atoms with Gasteiger partial charge in [-0.3, -0.25) is 9.59 Å². The van der Waals surface area contributed by atoms with Gasteiger partial charge in [0, 0.05) is 30.4 Å². The van der Waals surface area contributed by atoms with Crippen LogP contribution in [-0.4, -0.2) is 53.8 Å². The molecule has 1 aromatic carbocycles. The van der Waals surface area contributed by atoms with Crippen molar-refractivity contribution in [2.75, 3.05) is 26.3 Å². The molecule has 26 heavy (non-hydrogen) atoms. The number of esters is 1. The molecule has 1 aliphatic rings. The minimum absolute atomic E-state index is 0.130. The minimum Gasteiger partial charge on any atom is -0.443 e. The van der Waals surface area contributed by atoms with E-state index in [0.29, 0.717) is 37.4 Å². The molecule has 2 heterocycles. The first-order valence-corrected chi connectivity index (χ1v) is 8.38. The number of Topliss-reactive ketones (excluding diaryl/α,β-unsaturated/α-hetero) is 1. The van der Waals surface area contributed by atoms with Crippen LogP contribution >= 0.6 is 0 Å². The fraction of sp³-hybridized carbons (Fsp3) is 0.316. The summed E-state index contributed by atoms with van der Waals surface area (Å²) in [5, 5.41) is 0. The van der Waals surface area contributed by atoms with Gasteiger partial charge in [0.2, 0.25) is 6.10 Å². The molecule has 1 aromatic heterocycles. The van der Waals surface area contributed by atoms with E-state index in [1.54, 1.807) is 29.2 Å². The largest absolute Gasteiger partial charge is 0.443 e. The fourth-order valence-corrected chi connectivity index (χ4v) is 2.72. The summed E-state index contributed by atoms with van der Waals surface area (Å²) in [4.78, 5) is 41.1. The van der Waals surface area contributed by atoms with Gasteiger partial charge < -0.3 is 19.4 Å². The average Bonchev–Trinajstić information content (AvgIpc) is 3.17. The standard InChI is InChI=1S/C19H20N2O5/c1-13(22)15-11-16(20-12-15)19(24)26-17(14-5-3-2-4-6-14)18(23)21-7-9-25-10-8-21/h2-6,11-12,17,20H,7-10H2,1H3. The Bertz CT molecular complexity index is 793. The Morgan fingerprint density at radius 3 is 2.46 bits per heavy atom. The van der Waals surface area contributed by atoms with Crippen LogP contribution in [0.4, 0.5) is 0 Å². The minimum atomic E-state index is -1.05. The molecule has 0 bridgehead atoms. The molecule has 1 N–H and O–H groups in total. The third kappa shape index (κ3) is 4.00. The highest BCUT2D eigenvalue weighted by Crippen LogP contribution is 2.22. The van der Waals surface area contributed by atoms with E-state index in [1.807, 2.05) is 6.07 Å². The van der Waals surface area contributed by atoms with E-state index in [4.69, 9.17) is 9.47 Å². The van der Waals surface area contributed by atoms with Gasteiger partial charge in [-0.1, -0.05) is 30.3 Å². The number of carbonyl (C=O) groups excluding carboxylic acids is 3. The number of H-pyrrole nitrogens is 1. The Balaban J connectivity index is 1.82. The predicted octanol–water partition coefficient (Wildman–Crippen LogP) is 1.97. The van der Waals surface area contributed by atoms with Gasteiger partial charge in [0.1, 0.15) is 5.69 Å². The van der Waals surface area contributed by atoms with E-state index in [-0.39, 0.29) is 17.4 Å². The first kappa shape index (κ1) is 17.9. The number of ether oxygens (including phenoxy) is 2. The zero-order valence-corrected chi connectivity index (χ0v) is 14.4. The lowest BCUT2D eigenvalue weighted by atomic mass is 10.1. The predicted molar refractivity (Wildman–Crippen MR) is 92.8 cm³/mol. The lowest BCUT2D eigenvalue weighted by Gasteiger charge is -2.30. The van der Waals surface area contributed by atoms with Gasteiger partial charge in [-0.2, -0.15) is 0 Å². The Kier molecular flexibility index (Phi) is 5.48. The third-order valence-electron chi connectivity index (χ3n) is 4.18. The maximum atomic E-state index is 12.9. The SMILES string of the molecule is CC(=O)c1c[nH]c(C(=O)OC(C(=O)N2CCOCC2)c2ccccc2)c1. The van der Waals surface area contributed by atoms with Crippen molar-refractivity contribution in [3.8, 4) is 0 Å². The van der Waals surface area contributed by atoms with Crippen LogP contribution in [-0.2, 0) is 14.3 Å². The zero-order chi connectivity index (χ0) is 18.5. The topological polar surface area (TPSA) is 88.7 Å². The average molecular weight is 356 g/mol. The van der Waals surface area contributed by atoms with Gasteiger partial charge >= 0.3 is 5.97 Å². The number of morpholine rings is 1. The Hall–Kier alpha value is -2.93. The number of nitrogens with one attached hydrogen (secondary N) is 1. The summed E-state index contributed by atoms with van der Waals surface area (Å²) in [7, 11) is 0. The molecule has 7 heteroatoms. The van der Waals surface area contributed by atoms with Crippen LogP contribution in [0.1, 0.15) is 39.4 Å². The highest BCUT2D eigenvalue weighted by Gasteiger charge is 2.31. The maximum absolute atomic E-state index is 12.9. The summed E-state index contributed by atoms with van der Waals surface area (Å²) in [5.74, 6) is -1.14. The van der Waals surface area contributed by atoms with Crippen LogP contribution in [0.15, 0.2) is 42.6 Å². The summed E-state index contributed by atoms with van der Waals surface area (Å²) >= 11 is 0. The summed E-state index contributed by atoms with van der Waals surface area (Å²) in [6, 6.07) is 10.3. The zero-order valence-electron chi connectivity index (χ0n) is 14.4. The molecule has 0 spiro atoms. The second kappa shape index (κ2) is 7.97. The first-order valence-electron chi connectivity index (χ1n) is 8.38. The van der Waals surface area contributed by atoms with E-state index in [1.165, 1.54) is 19.2 Å². The summed E-state index contributed by atoms with van der Waals surface area (Å²) < 4.78 is 10.8. The van der Waals surface area contributed by atoms with Gasteiger partial charge in [0.25, 0.3) is 5.91 Å². The smallest absolute Gasteiger partial charge is 0.355 e. The molecule has 0 aliphatic carbocycles. The number of benzene rings is 1. The third-order valence-corrected chi connectivity index (χ3v) is 4.18. The quantitative estimate of drug-likeness (QED) is 0.654. The van der Waals surface area contributed by atoms with Crippen LogP contribution in [0.5, 0.6) is 0 Å². The number of rotatable bonds is 5. The number of aromatic amines is 1. The Labute approximate surface area is 150 Å². The van der Waals surface area contributed by atoms with Crippen molar-refractivity contribution >= 4 is 17.7 Å². The fourth-order valence-electron chi connectivity index (χ4n) is 2.72. The van der Waals surface area contributed by atoms with E-state index in [2.05, 4.69) is 4.98 Å². The molecule has 136 valence electrons. The van der Waals surface area contributed by atoms with Gasteiger partial charge in [0.05, 0.1) is 13.2 Å².